The molecule has 6 aromatic carbocycles. The second-order valence-electron chi connectivity index (χ2n) is 15.9. The van der Waals surface area contributed by atoms with Crippen molar-refractivity contribution in [2.75, 3.05) is 0 Å². The van der Waals surface area contributed by atoms with Crippen molar-refractivity contribution in [3.63, 3.8) is 0 Å². The molecule has 0 aliphatic heterocycles. The van der Waals surface area contributed by atoms with Gasteiger partial charge in [-0.25, -0.2) is 4.85 Å². The standard InChI is InChI=1S/C46H39N/c1-26-20-39-42(29-16-10-8-14-27(26)29)33-23-37-31(21-35(33)44(39,2)3)32-22-36-34(24-38(32)46(37)18-12-7-13-19-46)43-30-17-11-9-15-28(30)41(47-6)25-40(43)45(36,4)5/h8-11,14-17,20-25H,7,12-13,18-19H2,1-5H3. The van der Waals surface area contributed by atoms with E-state index in [0.29, 0.717) is 0 Å². The number of hydrogen-bond acceptors (Lipinski definition) is 0. The summed E-state index contributed by atoms with van der Waals surface area (Å²) in [5.41, 5.74) is 19.2. The second kappa shape index (κ2) is 8.81. The molecule has 0 saturated heterocycles. The molecule has 0 radical (unpaired) electrons. The lowest BCUT2D eigenvalue weighted by atomic mass is 9.67. The summed E-state index contributed by atoms with van der Waals surface area (Å²) in [5, 5.41) is 5.05. The minimum absolute atomic E-state index is 0.0412. The molecular formula is C46H39N. The van der Waals surface area contributed by atoms with Crippen LogP contribution in [-0.4, -0.2) is 0 Å². The molecule has 1 spiro atoms. The van der Waals surface area contributed by atoms with E-state index in [1.165, 1.54) is 109 Å². The smallest absolute Gasteiger partial charge is 0.195 e. The molecule has 6 aromatic rings. The minimum atomic E-state index is -0.186. The molecule has 0 aromatic heterocycles. The average Bonchev–Trinajstić information content (AvgIpc) is 3.56. The molecule has 4 aliphatic carbocycles. The van der Waals surface area contributed by atoms with Crippen LogP contribution in [0.15, 0.2) is 84.9 Å². The molecule has 1 nitrogen and oxygen atoms in total. The van der Waals surface area contributed by atoms with Crippen molar-refractivity contribution < 1.29 is 0 Å². The predicted molar refractivity (Wildman–Crippen MR) is 197 cm³/mol. The monoisotopic (exact) mass is 605 g/mol. The van der Waals surface area contributed by atoms with Crippen molar-refractivity contribution in [1.29, 1.82) is 0 Å². The van der Waals surface area contributed by atoms with Gasteiger partial charge in [-0.3, -0.25) is 0 Å². The topological polar surface area (TPSA) is 4.36 Å². The van der Waals surface area contributed by atoms with Gasteiger partial charge in [-0.15, -0.1) is 0 Å². The molecule has 1 saturated carbocycles. The fourth-order valence-electron chi connectivity index (χ4n) is 10.6. The van der Waals surface area contributed by atoms with Gasteiger partial charge in [-0.05, 0) is 138 Å². The number of nitrogens with zero attached hydrogens (tertiary/aromatic N) is 1. The van der Waals surface area contributed by atoms with E-state index in [4.69, 9.17) is 6.57 Å². The zero-order chi connectivity index (χ0) is 32.0. The molecule has 10 rings (SSSR count). The van der Waals surface area contributed by atoms with Gasteiger partial charge < -0.3 is 0 Å². The van der Waals surface area contributed by atoms with Crippen molar-refractivity contribution in [3.8, 4) is 33.4 Å². The first kappa shape index (κ1) is 27.4. The zero-order valence-corrected chi connectivity index (χ0v) is 28.1. The third kappa shape index (κ3) is 3.20. The lowest BCUT2D eigenvalue weighted by Gasteiger charge is -2.36. The van der Waals surface area contributed by atoms with E-state index in [-0.39, 0.29) is 16.2 Å². The van der Waals surface area contributed by atoms with Gasteiger partial charge in [-0.1, -0.05) is 108 Å². The van der Waals surface area contributed by atoms with E-state index in [1.54, 1.807) is 11.1 Å². The van der Waals surface area contributed by atoms with E-state index in [9.17, 15) is 0 Å². The SMILES string of the molecule is [C-]#[N+]c1cc2c(c3ccccc13)-c1cc3c(cc1C2(C)C)-c1cc2c(cc1C31CCCCC1)-c1c(cc(C)c3ccccc13)C2(C)C. The van der Waals surface area contributed by atoms with E-state index >= 15 is 0 Å². The van der Waals surface area contributed by atoms with Crippen LogP contribution in [0.5, 0.6) is 0 Å². The number of aryl methyl sites for hydroxylation is 1. The van der Waals surface area contributed by atoms with Gasteiger partial charge in [0.25, 0.3) is 0 Å². The van der Waals surface area contributed by atoms with Crippen LogP contribution in [0.2, 0.25) is 0 Å². The third-order valence-corrected chi connectivity index (χ3v) is 13.0. The van der Waals surface area contributed by atoms with Crippen molar-refractivity contribution in [2.24, 2.45) is 0 Å². The summed E-state index contributed by atoms with van der Waals surface area (Å²) >= 11 is 0. The number of benzene rings is 6. The molecule has 4 aliphatic rings. The summed E-state index contributed by atoms with van der Waals surface area (Å²) in [4.78, 5) is 4.00. The Labute approximate surface area is 278 Å². The molecule has 0 heterocycles. The highest BCUT2D eigenvalue weighted by atomic mass is 14.6. The van der Waals surface area contributed by atoms with Crippen LogP contribution in [0.4, 0.5) is 5.69 Å². The van der Waals surface area contributed by atoms with Crippen molar-refractivity contribution in [1.82, 2.24) is 0 Å². The lowest BCUT2D eigenvalue weighted by molar-refractivity contribution is 0.353. The number of fused-ring (bicyclic) bond motifs is 15. The highest BCUT2D eigenvalue weighted by molar-refractivity contribution is 6.09. The normalized spacial score (nSPS) is 18.4. The van der Waals surface area contributed by atoms with Gasteiger partial charge in [0.05, 0.1) is 6.57 Å². The van der Waals surface area contributed by atoms with Crippen LogP contribution in [-0.2, 0) is 16.2 Å². The Morgan fingerprint density at radius 3 is 1.53 bits per heavy atom. The second-order valence-corrected chi connectivity index (χ2v) is 15.9. The van der Waals surface area contributed by atoms with Gasteiger partial charge in [0.1, 0.15) is 0 Å². The summed E-state index contributed by atoms with van der Waals surface area (Å²) in [6, 6.07) is 32.8. The Kier molecular flexibility index (Phi) is 5.15. The summed E-state index contributed by atoms with van der Waals surface area (Å²) in [7, 11) is 0. The molecule has 228 valence electrons. The highest BCUT2D eigenvalue weighted by Gasteiger charge is 2.49. The minimum Gasteiger partial charge on any atom is -0.238 e. The quantitative estimate of drug-likeness (QED) is 0.152. The Morgan fingerprint density at radius 1 is 0.511 bits per heavy atom. The van der Waals surface area contributed by atoms with Gasteiger partial charge >= 0.3 is 0 Å². The Balaban J connectivity index is 1.28. The third-order valence-electron chi connectivity index (χ3n) is 13.0. The zero-order valence-electron chi connectivity index (χ0n) is 28.1. The van der Waals surface area contributed by atoms with Crippen LogP contribution in [0.3, 0.4) is 0 Å². The molecule has 0 atom stereocenters. The van der Waals surface area contributed by atoms with E-state index in [1.807, 2.05) is 0 Å². The highest BCUT2D eigenvalue weighted by Crippen LogP contribution is 2.63. The number of hydrogen-bond donors (Lipinski definition) is 0. The first-order valence-electron chi connectivity index (χ1n) is 17.5. The van der Waals surface area contributed by atoms with Gasteiger partial charge in [0.2, 0.25) is 0 Å². The van der Waals surface area contributed by atoms with Crippen LogP contribution in [0.25, 0.3) is 59.8 Å². The summed E-state index contributed by atoms with van der Waals surface area (Å²) < 4.78 is 0. The Bertz CT molecular complexity index is 2460. The maximum absolute atomic E-state index is 8.02. The summed E-state index contributed by atoms with van der Waals surface area (Å²) in [5.74, 6) is 0. The number of rotatable bonds is 0. The Morgan fingerprint density at radius 2 is 0.979 bits per heavy atom. The van der Waals surface area contributed by atoms with Crippen molar-refractivity contribution >= 4 is 27.2 Å². The van der Waals surface area contributed by atoms with Gasteiger partial charge in [0, 0.05) is 16.2 Å². The molecule has 47 heavy (non-hydrogen) atoms. The first-order chi connectivity index (χ1) is 22.7. The first-order valence-corrected chi connectivity index (χ1v) is 17.5. The largest absolute Gasteiger partial charge is 0.238 e. The molecule has 0 N–H and O–H groups in total. The summed E-state index contributed by atoms with van der Waals surface area (Å²) in [6.45, 7) is 19.9. The lowest BCUT2D eigenvalue weighted by Crippen LogP contribution is -2.28. The maximum atomic E-state index is 8.02. The van der Waals surface area contributed by atoms with E-state index in [0.717, 1.165) is 11.1 Å². The molecular weight excluding hydrogens is 567 g/mol. The van der Waals surface area contributed by atoms with Crippen LogP contribution in [0, 0.1) is 13.5 Å². The van der Waals surface area contributed by atoms with Crippen molar-refractivity contribution in [3.05, 3.63) is 135 Å². The molecule has 0 unspecified atom stereocenters. The van der Waals surface area contributed by atoms with Crippen LogP contribution in [0.1, 0.15) is 98.7 Å². The molecule has 1 heteroatoms. The summed E-state index contributed by atoms with van der Waals surface area (Å²) in [6.07, 6.45) is 6.29. The van der Waals surface area contributed by atoms with E-state index in [2.05, 4.69) is 124 Å². The fraction of sp³-hybridized carbons (Fsp3) is 0.283. The molecule has 0 amide bonds. The van der Waals surface area contributed by atoms with Crippen LogP contribution >= 0.6 is 0 Å². The van der Waals surface area contributed by atoms with Gasteiger partial charge in [0.15, 0.2) is 5.69 Å². The van der Waals surface area contributed by atoms with Gasteiger partial charge in [-0.2, -0.15) is 0 Å². The van der Waals surface area contributed by atoms with Crippen LogP contribution < -0.4 is 0 Å². The Hall–Kier alpha value is -4.67. The van der Waals surface area contributed by atoms with E-state index < -0.39 is 0 Å². The van der Waals surface area contributed by atoms with Crippen molar-refractivity contribution in [2.45, 2.75) is 83.0 Å². The molecule has 1 fully saturated rings. The predicted octanol–water partition coefficient (Wildman–Crippen LogP) is 12.7. The average molecular weight is 606 g/mol. The maximum Gasteiger partial charge on any atom is 0.195 e. The fourth-order valence-corrected chi connectivity index (χ4v) is 10.6. The molecule has 0 bridgehead atoms.